The van der Waals surface area contributed by atoms with Gasteiger partial charge in [0.05, 0.1) is 0 Å². The van der Waals surface area contributed by atoms with Gasteiger partial charge in [-0.15, -0.1) is 0 Å². The summed E-state index contributed by atoms with van der Waals surface area (Å²) in [5.41, 5.74) is 6.65. The number of nitrogens with zero attached hydrogens (tertiary/aromatic N) is 1. The van der Waals surface area contributed by atoms with E-state index in [1.165, 1.54) is 12.8 Å². The Labute approximate surface area is 108 Å². The molecule has 1 unspecified atom stereocenters. The van der Waals surface area contributed by atoms with Crippen LogP contribution in [0.5, 0.6) is 11.5 Å². The average molecular weight is 250 g/mol. The molecule has 0 amide bonds. The van der Waals surface area contributed by atoms with E-state index in [4.69, 9.17) is 5.73 Å². The summed E-state index contributed by atoms with van der Waals surface area (Å²) in [5.74, 6) is 0.607. The van der Waals surface area contributed by atoms with Gasteiger partial charge in [0.2, 0.25) is 0 Å². The van der Waals surface area contributed by atoms with Crippen LogP contribution in [-0.2, 0) is 6.54 Å². The molecule has 0 spiro atoms. The summed E-state index contributed by atoms with van der Waals surface area (Å²) in [4.78, 5) is 2.40. The minimum Gasteiger partial charge on any atom is -0.504 e. The Morgan fingerprint density at radius 1 is 1.28 bits per heavy atom. The third-order valence-corrected chi connectivity index (χ3v) is 3.62. The Kier molecular flexibility index (Phi) is 4.44. The van der Waals surface area contributed by atoms with Gasteiger partial charge in [0.25, 0.3) is 0 Å². The summed E-state index contributed by atoms with van der Waals surface area (Å²) in [5, 5.41) is 18.8. The highest BCUT2D eigenvalue weighted by Gasteiger charge is 2.19. The monoisotopic (exact) mass is 250 g/mol. The lowest BCUT2D eigenvalue weighted by Gasteiger charge is -2.32. The Hall–Kier alpha value is -1.26. The molecule has 1 heterocycles. The molecule has 2 rings (SSSR count). The second-order valence-corrected chi connectivity index (χ2v) is 5.14. The minimum atomic E-state index is -0.0570. The largest absolute Gasteiger partial charge is 0.504 e. The maximum atomic E-state index is 9.48. The number of piperidine rings is 1. The normalized spacial score (nSPS) is 21.1. The molecular formula is C14H22N2O2. The minimum absolute atomic E-state index is 0.0389. The fourth-order valence-electron chi connectivity index (χ4n) is 2.69. The van der Waals surface area contributed by atoms with Crippen molar-refractivity contribution in [1.82, 2.24) is 4.90 Å². The molecule has 1 saturated heterocycles. The van der Waals surface area contributed by atoms with Gasteiger partial charge in [-0.05, 0) is 56.0 Å². The molecule has 4 N–H and O–H groups in total. The zero-order valence-corrected chi connectivity index (χ0v) is 10.7. The van der Waals surface area contributed by atoms with E-state index in [-0.39, 0.29) is 11.5 Å². The lowest BCUT2D eigenvalue weighted by molar-refractivity contribution is 0.163. The number of hydrogen-bond donors (Lipinski definition) is 3. The van der Waals surface area contributed by atoms with Crippen molar-refractivity contribution < 1.29 is 10.2 Å². The maximum Gasteiger partial charge on any atom is 0.157 e. The van der Waals surface area contributed by atoms with E-state index in [0.29, 0.717) is 5.92 Å². The quantitative estimate of drug-likeness (QED) is 0.711. The van der Waals surface area contributed by atoms with Gasteiger partial charge in [0.15, 0.2) is 11.5 Å². The first-order chi connectivity index (χ1) is 8.69. The van der Waals surface area contributed by atoms with E-state index in [1.807, 2.05) is 6.07 Å². The van der Waals surface area contributed by atoms with Crippen LogP contribution < -0.4 is 5.73 Å². The molecule has 1 aliphatic heterocycles. The Bertz CT molecular complexity index is 393. The van der Waals surface area contributed by atoms with Crippen LogP contribution in [0.25, 0.3) is 0 Å². The molecule has 4 heteroatoms. The molecule has 100 valence electrons. The van der Waals surface area contributed by atoms with E-state index in [2.05, 4.69) is 4.90 Å². The molecule has 1 aromatic rings. The number of phenols is 2. The molecule has 0 radical (unpaired) electrons. The summed E-state index contributed by atoms with van der Waals surface area (Å²) in [7, 11) is 0. The number of nitrogens with two attached hydrogens (primary N) is 1. The van der Waals surface area contributed by atoms with Crippen molar-refractivity contribution in [3.8, 4) is 11.5 Å². The van der Waals surface area contributed by atoms with Crippen molar-refractivity contribution in [2.45, 2.75) is 25.8 Å². The van der Waals surface area contributed by atoms with Crippen LogP contribution in [0.4, 0.5) is 0 Å². The number of benzene rings is 1. The SMILES string of the molecule is NCCC1CCCN(Cc2ccc(O)c(O)c2)C1. The molecule has 0 saturated carbocycles. The Morgan fingerprint density at radius 2 is 2.11 bits per heavy atom. The highest BCUT2D eigenvalue weighted by molar-refractivity contribution is 5.40. The summed E-state index contributed by atoms with van der Waals surface area (Å²) < 4.78 is 0. The van der Waals surface area contributed by atoms with Crippen LogP contribution in [0.1, 0.15) is 24.8 Å². The average Bonchev–Trinajstić information content (AvgIpc) is 2.35. The molecule has 0 bridgehead atoms. The van der Waals surface area contributed by atoms with E-state index in [9.17, 15) is 10.2 Å². The smallest absolute Gasteiger partial charge is 0.157 e. The van der Waals surface area contributed by atoms with Crippen LogP contribution in [0.3, 0.4) is 0 Å². The van der Waals surface area contributed by atoms with Crippen LogP contribution in [0, 0.1) is 5.92 Å². The molecular weight excluding hydrogens is 228 g/mol. The first-order valence-corrected chi connectivity index (χ1v) is 6.62. The highest BCUT2D eigenvalue weighted by atomic mass is 16.3. The third-order valence-electron chi connectivity index (χ3n) is 3.62. The number of likely N-dealkylation sites (tertiary alicyclic amines) is 1. The van der Waals surface area contributed by atoms with E-state index < -0.39 is 0 Å². The van der Waals surface area contributed by atoms with Gasteiger partial charge in [0, 0.05) is 13.1 Å². The van der Waals surface area contributed by atoms with Crippen LogP contribution in [-0.4, -0.2) is 34.7 Å². The van der Waals surface area contributed by atoms with Gasteiger partial charge in [0.1, 0.15) is 0 Å². The lowest BCUT2D eigenvalue weighted by Crippen LogP contribution is -2.35. The molecule has 4 nitrogen and oxygen atoms in total. The van der Waals surface area contributed by atoms with Crippen LogP contribution >= 0.6 is 0 Å². The van der Waals surface area contributed by atoms with Crippen LogP contribution in [0.2, 0.25) is 0 Å². The molecule has 18 heavy (non-hydrogen) atoms. The Morgan fingerprint density at radius 3 is 2.83 bits per heavy atom. The van der Waals surface area contributed by atoms with Crippen molar-refractivity contribution in [1.29, 1.82) is 0 Å². The van der Waals surface area contributed by atoms with Gasteiger partial charge < -0.3 is 15.9 Å². The lowest BCUT2D eigenvalue weighted by atomic mass is 9.94. The second kappa shape index (κ2) is 6.07. The van der Waals surface area contributed by atoms with Gasteiger partial charge in [-0.2, -0.15) is 0 Å². The first kappa shape index (κ1) is 13.2. The predicted molar refractivity (Wildman–Crippen MR) is 71.4 cm³/mol. The summed E-state index contributed by atoms with van der Waals surface area (Å²) in [6.07, 6.45) is 3.58. The first-order valence-electron chi connectivity index (χ1n) is 6.62. The zero-order valence-electron chi connectivity index (χ0n) is 10.7. The molecule has 0 aliphatic carbocycles. The van der Waals surface area contributed by atoms with Gasteiger partial charge in [-0.1, -0.05) is 6.07 Å². The maximum absolute atomic E-state index is 9.48. The number of rotatable bonds is 4. The molecule has 1 aliphatic rings. The third kappa shape index (κ3) is 3.37. The van der Waals surface area contributed by atoms with Gasteiger partial charge in [-0.3, -0.25) is 4.90 Å². The van der Waals surface area contributed by atoms with Crippen molar-refractivity contribution in [3.63, 3.8) is 0 Å². The summed E-state index contributed by atoms with van der Waals surface area (Å²) >= 11 is 0. The van der Waals surface area contributed by atoms with Gasteiger partial charge in [-0.25, -0.2) is 0 Å². The number of aromatic hydroxyl groups is 2. The van der Waals surface area contributed by atoms with E-state index in [1.54, 1.807) is 12.1 Å². The topological polar surface area (TPSA) is 69.7 Å². The van der Waals surface area contributed by atoms with Gasteiger partial charge >= 0.3 is 0 Å². The van der Waals surface area contributed by atoms with E-state index >= 15 is 0 Å². The molecule has 1 aromatic carbocycles. The molecule has 1 fully saturated rings. The second-order valence-electron chi connectivity index (χ2n) is 5.14. The summed E-state index contributed by atoms with van der Waals surface area (Å²) in [6.45, 7) is 3.77. The van der Waals surface area contributed by atoms with Crippen LogP contribution in [0.15, 0.2) is 18.2 Å². The number of hydrogen-bond acceptors (Lipinski definition) is 4. The standard InChI is InChI=1S/C14H22N2O2/c15-6-5-11-2-1-7-16(9-11)10-12-3-4-13(17)14(18)8-12/h3-4,8,11,17-18H,1-2,5-7,9-10,15H2. The zero-order chi connectivity index (χ0) is 13.0. The van der Waals surface area contributed by atoms with Crippen molar-refractivity contribution in [2.24, 2.45) is 11.7 Å². The predicted octanol–water partition coefficient (Wildman–Crippen LogP) is 1.66. The fourth-order valence-corrected chi connectivity index (χ4v) is 2.69. The van der Waals surface area contributed by atoms with Crippen molar-refractivity contribution in [2.75, 3.05) is 19.6 Å². The molecule has 1 atom stereocenters. The fraction of sp³-hybridized carbons (Fsp3) is 0.571. The van der Waals surface area contributed by atoms with Crippen molar-refractivity contribution in [3.05, 3.63) is 23.8 Å². The van der Waals surface area contributed by atoms with Crippen molar-refractivity contribution >= 4 is 0 Å². The highest BCUT2D eigenvalue weighted by Crippen LogP contribution is 2.27. The van der Waals surface area contributed by atoms with E-state index in [0.717, 1.165) is 38.2 Å². The Balaban J connectivity index is 1.93. The number of phenolic OH excluding ortho intramolecular Hbond substituents is 2. The molecule has 0 aromatic heterocycles. The summed E-state index contributed by atoms with van der Waals surface area (Å²) in [6, 6.07) is 5.05.